The summed E-state index contributed by atoms with van der Waals surface area (Å²) in [6.45, 7) is 7.62. The Morgan fingerprint density at radius 1 is 1.26 bits per heavy atom. The predicted octanol–water partition coefficient (Wildman–Crippen LogP) is 3.86. The third-order valence-electron chi connectivity index (χ3n) is 4.05. The first-order valence-corrected chi connectivity index (χ1v) is 7.67. The van der Waals surface area contributed by atoms with Crippen molar-refractivity contribution in [3.8, 4) is 0 Å². The van der Waals surface area contributed by atoms with Crippen LogP contribution >= 0.6 is 0 Å². The second kappa shape index (κ2) is 7.06. The molecule has 1 aliphatic rings. The third kappa shape index (κ3) is 4.05. The molecule has 1 saturated heterocycles. The molecule has 1 N–H and O–H groups in total. The van der Waals surface area contributed by atoms with Crippen LogP contribution in [-0.4, -0.2) is 18.8 Å². The lowest BCUT2D eigenvalue weighted by atomic mass is 10.0. The van der Waals surface area contributed by atoms with E-state index in [1.165, 1.54) is 36.8 Å². The van der Waals surface area contributed by atoms with Crippen LogP contribution < -0.4 is 5.32 Å². The van der Waals surface area contributed by atoms with Gasteiger partial charge in [0.05, 0.1) is 6.10 Å². The molecule has 1 aromatic carbocycles. The van der Waals surface area contributed by atoms with Crippen LogP contribution in [0.1, 0.15) is 57.2 Å². The van der Waals surface area contributed by atoms with E-state index in [4.69, 9.17) is 4.74 Å². The minimum absolute atomic E-state index is 0.384. The van der Waals surface area contributed by atoms with E-state index in [0.29, 0.717) is 18.2 Å². The van der Waals surface area contributed by atoms with Crippen molar-refractivity contribution in [1.29, 1.82) is 0 Å². The Kier molecular flexibility index (Phi) is 5.41. The number of hydrogen-bond acceptors (Lipinski definition) is 2. The fourth-order valence-electron chi connectivity index (χ4n) is 2.86. The van der Waals surface area contributed by atoms with Gasteiger partial charge < -0.3 is 10.1 Å². The molecule has 0 aliphatic carbocycles. The van der Waals surface area contributed by atoms with E-state index < -0.39 is 0 Å². The van der Waals surface area contributed by atoms with Gasteiger partial charge in [0.25, 0.3) is 0 Å². The molecule has 0 spiro atoms. The standard InChI is InChI=1S/C17H27NO/c1-4-6-15-8-10-16(11-9-15)13(2)18-14(3)17-7-5-12-19-17/h8-11,13-14,17-18H,4-7,12H2,1-3H3. The van der Waals surface area contributed by atoms with Crippen LogP contribution in [0.3, 0.4) is 0 Å². The molecule has 106 valence electrons. The summed E-state index contributed by atoms with van der Waals surface area (Å²) < 4.78 is 5.74. The molecule has 0 amide bonds. The summed E-state index contributed by atoms with van der Waals surface area (Å²) in [6, 6.07) is 9.83. The molecule has 2 rings (SSSR count). The van der Waals surface area contributed by atoms with Gasteiger partial charge in [-0.2, -0.15) is 0 Å². The zero-order chi connectivity index (χ0) is 13.7. The van der Waals surface area contributed by atoms with Gasteiger partial charge in [0.15, 0.2) is 0 Å². The zero-order valence-corrected chi connectivity index (χ0v) is 12.5. The molecule has 19 heavy (non-hydrogen) atoms. The second-order valence-electron chi connectivity index (χ2n) is 5.72. The SMILES string of the molecule is CCCc1ccc(C(C)NC(C)C2CCCO2)cc1. The lowest BCUT2D eigenvalue weighted by molar-refractivity contribution is 0.0804. The monoisotopic (exact) mass is 261 g/mol. The summed E-state index contributed by atoms with van der Waals surface area (Å²) in [5.41, 5.74) is 2.80. The van der Waals surface area contributed by atoms with Crippen LogP contribution in [0, 0.1) is 0 Å². The molecule has 2 nitrogen and oxygen atoms in total. The third-order valence-corrected chi connectivity index (χ3v) is 4.05. The second-order valence-corrected chi connectivity index (χ2v) is 5.72. The highest BCUT2D eigenvalue weighted by molar-refractivity contribution is 5.24. The number of benzene rings is 1. The lowest BCUT2D eigenvalue weighted by Gasteiger charge is -2.24. The van der Waals surface area contributed by atoms with Crippen molar-refractivity contribution in [2.45, 2.75) is 64.6 Å². The summed E-state index contributed by atoms with van der Waals surface area (Å²) in [7, 11) is 0. The van der Waals surface area contributed by atoms with Crippen molar-refractivity contribution < 1.29 is 4.74 Å². The number of rotatable bonds is 6. The van der Waals surface area contributed by atoms with Crippen molar-refractivity contribution >= 4 is 0 Å². The van der Waals surface area contributed by atoms with Gasteiger partial charge in [-0.25, -0.2) is 0 Å². The maximum Gasteiger partial charge on any atom is 0.0726 e. The maximum absolute atomic E-state index is 5.74. The molecule has 2 heteroatoms. The molecule has 1 aromatic rings. The van der Waals surface area contributed by atoms with Crippen molar-refractivity contribution in [3.63, 3.8) is 0 Å². The maximum atomic E-state index is 5.74. The largest absolute Gasteiger partial charge is 0.377 e. The van der Waals surface area contributed by atoms with Gasteiger partial charge in [-0.05, 0) is 44.2 Å². The molecule has 0 aromatic heterocycles. The van der Waals surface area contributed by atoms with Crippen molar-refractivity contribution in [3.05, 3.63) is 35.4 Å². The highest BCUT2D eigenvalue weighted by Crippen LogP contribution is 2.20. The first kappa shape index (κ1) is 14.5. The smallest absolute Gasteiger partial charge is 0.0726 e. The molecule has 0 bridgehead atoms. The van der Waals surface area contributed by atoms with Crippen LogP contribution in [0.5, 0.6) is 0 Å². The Bertz CT molecular complexity index is 367. The number of nitrogens with one attached hydrogen (secondary N) is 1. The normalized spacial score (nSPS) is 22.4. The molecule has 1 fully saturated rings. The van der Waals surface area contributed by atoms with Crippen LogP contribution in [0.25, 0.3) is 0 Å². The number of ether oxygens (including phenoxy) is 1. The molecule has 1 aliphatic heterocycles. The van der Waals surface area contributed by atoms with Crippen LogP contribution in [-0.2, 0) is 11.2 Å². The Labute approximate surface area is 117 Å². The zero-order valence-electron chi connectivity index (χ0n) is 12.5. The van der Waals surface area contributed by atoms with E-state index >= 15 is 0 Å². The van der Waals surface area contributed by atoms with Crippen LogP contribution in [0.4, 0.5) is 0 Å². The van der Waals surface area contributed by atoms with E-state index in [2.05, 4.69) is 50.4 Å². The Balaban J connectivity index is 1.89. The van der Waals surface area contributed by atoms with E-state index in [-0.39, 0.29) is 0 Å². The average molecular weight is 261 g/mol. The van der Waals surface area contributed by atoms with Crippen molar-refractivity contribution in [2.75, 3.05) is 6.61 Å². The first-order chi connectivity index (χ1) is 9.20. The molecule has 0 radical (unpaired) electrons. The average Bonchev–Trinajstić information content (AvgIpc) is 2.94. The topological polar surface area (TPSA) is 21.3 Å². The minimum atomic E-state index is 0.384. The summed E-state index contributed by atoms with van der Waals surface area (Å²) in [4.78, 5) is 0. The molecule has 3 unspecified atom stereocenters. The number of aryl methyl sites for hydroxylation is 1. The molecular formula is C17H27NO. The Morgan fingerprint density at radius 3 is 2.58 bits per heavy atom. The summed E-state index contributed by atoms with van der Waals surface area (Å²) >= 11 is 0. The summed E-state index contributed by atoms with van der Waals surface area (Å²) in [6.07, 6.45) is 5.17. The van der Waals surface area contributed by atoms with E-state index in [1.807, 2.05) is 0 Å². The van der Waals surface area contributed by atoms with Crippen molar-refractivity contribution in [1.82, 2.24) is 5.32 Å². The highest BCUT2D eigenvalue weighted by atomic mass is 16.5. The van der Waals surface area contributed by atoms with Crippen LogP contribution in [0.15, 0.2) is 24.3 Å². The molecule has 3 atom stereocenters. The van der Waals surface area contributed by atoms with Gasteiger partial charge in [-0.1, -0.05) is 37.6 Å². The lowest BCUT2D eigenvalue weighted by Crippen LogP contribution is -2.38. The molecule has 0 saturated carbocycles. The predicted molar refractivity (Wildman–Crippen MR) is 80.4 cm³/mol. The van der Waals surface area contributed by atoms with Gasteiger partial charge >= 0.3 is 0 Å². The highest BCUT2D eigenvalue weighted by Gasteiger charge is 2.23. The van der Waals surface area contributed by atoms with E-state index in [9.17, 15) is 0 Å². The Hall–Kier alpha value is -0.860. The summed E-state index contributed by atoms with van der Waals surface area (Å²) in [5, 5.41) is 3.66. The molecule has 1 heterocycles. The van der Waals surface area contributed by atoms with E-state index in [1.54, 1.807) is 0 Å². The van der Waals surface area contributed by atoms with Gasteiger partial charge in [-0.15, -0.1) is 0 Å². The van der Waals surface area contributed by atoms with Gasteiger partial charge in [0.2, 0.25) is 0 Å². The minimum Gasteiger partial charge on any atom is -0.377 e. The van der Waals surface area contributed by atoms with E-state index in [0.717, 1.165) is 6.61 Å². The fraction of sp³-hybridized carbons (Fsp3) is 0.647. The Morgan fingerprint density at radius 2 is 2.00 bits per heavy atom. The summed E-state index contributed by atoms with van der Waals surface area (Å²) in [5.74, 6) is 0. The van der Waals surface area contributed by atoms with Crippen LogP contribution in [0.2, 0.25) is 0 Å². The first-order valence-electron chi connectivity index (χ1n) is 7.67. The molecular weight excluding hydrogens is 234 g/mol. The van der Waals surface area contributed by atoms with Gasteiger partial charge in [-0.3, -0.25) is 0 Å². The van der Waals surface area contributed by atoms with Crippen molar-refractivity contribution in [2.24, 2.45) is 0 Å². The van der Waals surface area contributed by atoms with Gasteiger partial charge in [0, 0.05) is 18.7 Å². The fourth-order valence-corrected chi connectivity index (χ4v) is 2.86. The van der Waals surface area contributed by atoms with Gasteiger partial charge in [0.1, 0.15) is 0 Å². The number of hydrogen-bond donors (Lipinski definition) is 1. The quantitative estimate of drug-likeness (QED) is 0.839.